The molecule has 10 heteroatoms. The molecule has 5 aromatic rings. The van der Waals surface area contributed by atoms with Crippen LogP contribution in [0.2, 0.25) is 0 Å². The highest BCUT2D eigenvalue weighted by atomic mass is 35.5. The Morgan fingerprint density at radius 2 is 1.76 bits per heavy atom. The monoisotopic (exact) mass is 543 g/mol. The highest BCUT2D eigenvalue weighted by Crippen LogP contribution is 2.32. The quantitative estimate of drug-likeness (QED) is 0.179. The fraction of sp³-hybridized carbons (Fsp3) is 0.222. The number of likely N-dealkylation sites (N-methyl/N-ethyl adjacent to an activating group) is 1. The third kappa shape index (κ3) is 5.07. The van der Waals surface area contributed by atoms with Gasteiger partial charge in [-0.05, 0) is 42.1 Å². The Balaban J connectivity index is 0.00000320. The van der Waals surface area contributed by atoms with Gasteiger partial charge in [0.2, 0.25) is 0 Å². The second-order valence-corrected chi connectivity index (χ2v) is 9.37. The average molecular weight is 544 g/mol. The Hall–Kier alpha value is -3.40. The molecule has 6 nitrogen and oxygen atoms in total. The molecule has 5 rings (SSSR count). The first-order chi connectivity index (χ1) is 17.4. The standard InChI is InChI=1S/C27H23F2N3O3S.ClH/c1-3-31(4-2)11-12-32(27-30-24-21(29)13-17(28)14-23(24)36-27)25(33)20-15-19-18-8-6-5-7-16(18)9-10-22(19)35-26(20)34;/h5-10,13-15H,3-4,11-12H2,1-2H3;1H. The minimum atomic E-state index is -0.805. The molecule has 2 aromatic heterocycles. The number of hydrogen-bond acceptors (Lipinski definition) is 6. The van der Waals surface area contributed by atoms with Crippen LogP contribution in [-0.2, 0) is 0 Å². The second kappa shape index (κ2) is 10.9. The number of hydrogen-bond donors (Lipinski definition) is 0. The highest BCUT2D eigenvalue weighted by Gasteiger charge is 2.26. The summed E-state index contributed by atoms with van der Waals surface area (Å²) in [6, 6.07) is 14.7. The van der Waals surface area contributed by atoms with Gasteiger partial charge in [-0.25, -0.2) is 18.6 Å². The van der Waals surface area contributed by atoms with Gasteiger partial charge in [0, 0.05) is 24.5 Å². The molecular weight excluding hydrogens is 520 g/mol. The number of thiazole rings is 1. The van der Waals surface area contributed by atoms with Crippen LogP contribution in [-0.4, -0.2) is 42.0 Å². The lowest BCUT2D eigenvalue weighted by atomic mass is 10.0. The Kier molecular flexibility index (Phi) is 7.87. The van der Waals surface area contributed by atoms with E-state index < -0.39 is 23.2 Å². The van der Waals surface area contributed by atoms with Gasteiger partial charge in [0.05, 0.1) is 4.70 Å². The summed E-state index contributed by atoms with van der Waals surface area (Å²) in [6.45, 7) is 6.26. The van der Waals surface area contributed by atoms with Crippen molar-refractivity contribution in [3.05, 3.63) is 82.2 Å². The van der Waals surface area contributed by atoms with Crippen LogP contribution < -0.4 is 10.5 Å². The summed E-state index contributed by atoms with van der Waals surface area (Å²) in [6.07, 6.45) is 0. The van der Waals surface area contributed by atoms with Crippen molar-refractivity contribution in [1.29, 1.82) is 0 Å². The Bertz CT molecular complexity index is 1670. The van der Waals surface area contributed by atoms with E-state index in [1.54, 1.807) is 12.1 Å². The summed E-state index contributed by atoms with van der Waals surface area (Å²) < 4.78 is 34.0. The van der Waals surface area contributed by atoms with Gasteiger partial charge < -0.3 is 9.32 Å². The topological polar surface area (TPSA) is 66.7 Å². The van der Waals surface area contributed by atoms with Crippen molar-refractivity contribution in [3.8, 4) is 0 Å². The molecule has 0 saturated heterocycles. The SMILES string of the molecule is CCN(CC)CCN(C(=O)c1cc2c(ccc3ccccc32)oc1=O)c1nc2c(F)cc(F)cc2s1.Cl. The third-order valence-corrected chi connectivity index (χ3v) is 7.31. The summed E-state index contributed by atoms with van der Waals surface area (Å²) in [7, 11) is 0. The maximum atomic E-state index is 14.4. The maximum absolute atomic E-state index is 14.4. The van der Waals surface area contributed by atoms with Crippen LogP contribution in [0.15, 0.2) is 63.8 Å². The summed E-state index contributed by atoms with van der Waals surface area (Å²) in [4.78, 5) is 34.5. The van der Waals surface area contributed by atoms with E-state index in [1.165, 1.54) is 11.0 Å². The number of nitrogens with zero attached hydrogens (tertiary/aromatic N) is 3. The molecular formula is C27H24ClF2N3O3S. The zero-order chi connectivity index (χ0) is 25.4. The van der Waals surface area contributed by atoms with E-state index in [4.69, 9.17) is 4.42 Å². The molecule has 0 radical (unpaired) electrons. The normalized spacial score (nSPS) is 11.4. The Morgan fingerprint density at radius 3 is 2.51 bits per heavy atom. The second-order valence-electron chi connectivity index (χ2n) is 8.36. The van der Waals surface area contributed by atoms with Crippen LogP contribution in [0.5, 0.6) is 0 Å². The van der Waals surface area contributed by atoms with Crippen molar-refractivity contribution >= 4 is 66.7 Å². The Morgan fingerprint density at radius 1 is 1.00 bits per heavy atom. The molecule has 0 saturated carbocycles. The molecule has 0 aliphatic carbocycles. The third-order valence-electron chi connectivity index (χ3n) is 6.28. The lowest BCUT2D eigenvalue weighted by molar-refractivity contribution is 0.0980. The number of benzene rings is 3. The number of rotatable bonds is 7. The number of carbonyl (C=O) groups is 1. The number of carbonyl (C=O) groups excluding carboxylic acids is 1. The van der Waals surface area contributed by atoms with Crippen molar-refractivity contribution in [2.75, 3.05) is 31.1 Å². The molecule has 0 spiro atoms. The van der Waals surface area contributed by atoms with Gasteiger partial charge >= 0.3 is 5.63 Å². The highest BCUT2D eigenvalue weighted by molar-refractivity contribution is 7.22. The van der Waals surface area contributed by atoms with E-state index in [1.807, 2.05) is 44.2 Å². The molecule has 3 aromatic carbocycles. The van der Waals surface area contributed by atoms with Crippen molar-refractivity contribution in [2.45, 2.75) is 13.8 Å². The fourth-order valence-electron chi connectivity index (χ4n) is 4.29. The van der Waals surface area contributed by atoms with Gasteiger partial charge in [-0.15, -0.1) is 12.4 Å². The molecule has 2 heterocycles. The van der Waals surface area contributed by atoms with Crippen LogP contribution in [0.25, 0.3) is 32.0 Å². The molecule has 192 valence electrons. The lowest BCUT2D eigenvalue weighted by Gasteiger charge is -2.24. The minimum Gasteiger partial charge on any atom is -0.422 e. The largest absolute Gasteiger partial charge is 0.422 e. The molecule has 0 bridgehead atoms. The van der Waals surface area contributed by atoms with Crippen LogP contribution in [0, 0.1) is 11.6 Å². The zero-order valence-corrected chi connectivity index (χ0v) is 21.8. The number of aromatic nitrogens is 1. The molecule has 0 N–H and O–H groups in total. The minimum absolute atomic E-state index is 0. The molecule has 0 unspecified atom stereocenters. The van der Waals surface area contributed by atoms with Crippen molar-refractivity contribution in [2.24, 2.45) is 0 Å². The predicted octanol–water partition coefficient (Wildman–Crippen LogP) is 6.24. The van der Waals surface area contributed by atoms with Crippen LogP contribution >= 0.6 is 23.7 Å². The van der Waals surface area contributed by atoms with Gasteiger partial charge in [0.1, 0.15) is 22.5 Å². The van der Waals surface area contributed by atoms with Crippen molar-refractivity contribution < 1.29 is 18.0 Å². The molecule has 0 aliphatic heterocycles. The first-order valence-electron chi connectivity index (χ1n) is 11.6. The molecule has 1 amide bonds. The summed E-state index contributed by atoms with van der Waals surface area (Å²) in [5.74, 6) is -2.13. The first-order valence-corrected chi connectivity index (χ1v) is 12.5. The van der Waals surface area contributed by atoms with E-state index >= 15 is 0 Å². The first kappa shape index (κ1) is 26.7. The molecule has 37 heavy (non-hydrogen) atoms. The van der Waals surface area contributed by atoms with Crippen LogP contribution in [0.1, 0.15) is 24.2 Å². The fourth-order valence-corrected chi connectivity index (χ4v) is 5.32. The summed E-state index contributed by atoms with van der Waals surface area (Å²) >= 11 is 0.998. The lowest BCUT2D eigenvalue weighted by Crippen LogP contribution is -2.40. The molecule has 0 atom stereocenters. The van der Waals surface area contributed by atoms with E-state index in [0.29, 0.717) is 17.5 Å². The van der Waals surface area contributed by atoms with Gasteiger partial charge in [-0.1, -0.05) is 55.5 Å². The predicted molar refractivity (Wildman–Crippen MR) is 146 cm³/mol. The van der Waals surface area contributed by atoms with Gasteiger partial charge in [0.25, 0.3) is 5.91 Å². The maximum Gasteiger partial charge on any atom is 0.349 e. The summed E-state index contributed by atoms with van der Waals surface area (Å²) in [5.41, 5.74) is -0.561. The number of amides is 1. The smallest absolute Gasteiger partial charge is 0.349 e. The van der Waals surface area contributed by atoms with E-state index in [0.717, 1.165) is 41.3 Å². The van der Waals surface area contributed by atoms with E-state index in [2.05, 4.69) is 9.88 Å². The molecule has 0 fully saturated rings. The zero-order valence-electron chi connectivity index (χ0n) is 20.2. The van der Waals surface area contributed by atoms with Crippen molar-refractivity contribution in [1.82, 2.24) is 9.88 Å². The van der Waals surface area contributed by atoms with Crippen LogP contribution in [0.3, 0.4) is 0 Å². The summed E-state index contributed by atoms with van der Waals surface area (Å²) in [5, 5.41) is 2.61. The van der Waals surface area contributed by atoms with E-state index in [-0.39, 0.29) is 39.9 Å². The van der Waals surface area contributed by atoms with Crippen LogP contribution in [0.4, 0.5) is 13.9 Å². The number of fused-ring (bicyclic) bond motifs is 4. The number of halogens is 3. The van der Waals surface area contributed by atoms with Crippen molar-refractivity contribution in [3.63, 3.8) is 0 Å². The van der Waals surface area contributed by atoms with E-state index in [9.17, 15) is 18.4 Å². The Labute approximate surface area is 221 Å². The van der Waals surface area contributed by atoms with Gasteiger partial charge in [0.15, 0.2) is 10.9 Å². The van der Waals surface area contributed by atoms with Gasteiger partial charge in [-0.3, -0.25) is 9.69 Å². The average Bonchev–Trinajstić information content (AvgIpc) is 3.30. The number of anilines is 1. The van der Waals surface area contributed by atoms with Gasteiger partial charge in [-0.2, -0.15) is 0 Å². The molecule has 0 aliphatic rings.